The Bertz CT molecular complexity index is 1250. The van der Waals surface area contributed by atoms with Crippen LogP contribution in [0.4, 0.5) is 0 Å². The van der Waals surface area contributed by atoms with Crippen molar-refractivity contribution in [3.8, 4) is 5.69 Å². The third-order valence-corrected chi connectivity index (χ3v) is 7.28. The summed E-state index contributed by atoms with van der Waals surface area (Å²) in [5.74, 6) is 1.36. The maximum Gasteiger partial charge on any atom is 0.220 e. The van der Waals surface area contributed by atoms with Crippen molar-refractivity contribution in [2.24, 2.45) is 5.92 Å². The van der Waals surface area contributed by atoms with Crippen LogP contribution >= 0.6 is 0 Å². The molecular formula is C29H27N3O. The number of hydrogen-bond donors (Lipinski definition) is 1. The zero-order valence-electron chi connectivity index (χ0n) is 18.5. The third-order valence-electron chi connectivity index (χ3n) is 7.28. The molecule has 1 atom stereocenters. The second kappa shape index (κ2) is 8.36. The summed E-state index contributed by atoms with van der Waals surface area (Å²) in [6, 6.07) is 27.8. The quantitative estimate of drug-likeness (QED) is 0.453. The van der Waals surface area contributed by atoms with Crippen molar-refractivity contribution in [3.05, 3.63) is 119 Å². The van der Waals surface area contributed by atoms with Gasteiger partial charge in [-0.1, -0.05) is 66.7 Å². The molecule has 0 radical (unpaired) electrons. The fourth-order valence-electron chi connectivity index (χ4n) is 5.76. The molecule has 1 amide bonds. The number of rotatable bonds is 6. The molecule has 1 N–H and O–H groups in total. The van der Waals surface area contributed by atoms with Crippen LogP contribution in [0, 0.1) is 5.92 Å². The van der Waals surface area contributed by atoms with Crippen molar-refractivity contribution >= 4 is 5.91 Å². The number of hydrogen-bond acceptors (Lipinski definition) is 2. The number of amides is 1. The van der Waals surface area contributed by atoms with Crippen LogP contribution in [0.25, 0.3) is 5.69 Å². The molecule has 0 fully saturated rings. The summed E-state index contributed by atoms with van der Waals surface area (Å²) >= 11 is 0. The zero-order valence-corrected chi connectivity index (χ0v) is 18.5. The first-order chi connectivity index (χ1) is 16.3. The fourth-order valence-corrected chi connectivity index (χ4v) is 5.76. The number of carbonyl (C=O) groups excluding carboxylic acids is 1. The van der Waals surface area contributed by atoms with Crippen LogP contribution in [-0.4, -0.2) is 22.2 Å². The van der Waals surface area contributed by atoms with Crippen molar-refractivity contribution in [1.82, 2.24) is 15.1 Å². The number of benzene rings is 3. The first kappa shape index (κ1) is 20.0. The second-order valence-electron chi connectivity index (χ2n) is 9.22. The van der Waals surface area contributed by atoms with Gasteiger partial charge in [0.1, 0.15) is 0 Å². The number of para-hydroxylation sites is 1. The number of nitrogens with one attached hydrogen (secondary N) is 1. The number of aryl methyl sites for hydroxylation is 1. The van der Waals surface area contributed by atoms with Crippen LogP contribution < -0.4 is 5.32 Å². The molecular weight excluding hydrogens is 406 g/mol. The van der Waals surface area contributed by atoms with E-state index >= 15 is 0 Å². The minimum atomic E-state index is 0.116. The maximum absolute atomic E-state index is 12.7. The summed E-state index contributed by atoms with van der Waals surface area (Å²) in [6.07, 6.45) is 6.14. The van der Waals surface area contributed by atoms with Crippen LogP contribution in [0.5, 0.6) is 0 Å². The summed E-state index contributed by atoms with van der Waals surface area (Å²) in [5.41, 5.74) is 7.94. The van der Waals surface area contributed by atoms with Gasteiger partial charge < -0.3 is 5.32 Å². The first-order valence-electron chi connectivity index (χ1n) is 11.8. The molecule has 3 aliphatic rings. The molecule has 7 rings (SSSR count). The van der Waals surface area contributed by atoms with Gasteiger partial charge in [0.05, 0.1) is 11.9 Å². The summed E-state index contributed by atoms with van der Waals surface area (Å²) in [7, 11) is 0. The van der Waals surface area contributed by atoms with Crippen molar-refractivity contribution in [2.75, 3.05) is 6.54 Å². The number of carbonyl (C=O) groups is 1. The topological polar surface area (TPSA) is 46.9 Å². The molecule has 0 unspecified atom stereocenters. The highest BCUT2D eigenvalue weighted by molar-refractivity contribution is 5.76. The van der Waals surface area contributed by atoms with Gasteiger partial charge in [0.2, 0.25) is 5.91 Å². The Morgan fingerprint density at radius 1 is 0.879 bits per heavy atom. The van der Waals surface area contributed by atoms with Crippen LogP contribution in [-0.2, 0) is 11.2 Å². The molecule has 2 bridgehead atoms. The van der Waals surface area contributed by atoms with E-state index in [4.69, 9.17) is 0 Å². The van der Waals surface area contributed by atoms with E-state index in [9.17, 15) is 4.79 Å². The fraction of sp³-hybridized carbons (Fsp3) is 0.241. The third kappa shape index (κ3) is 3.66. The molecule has 3 aliphatic carbocycles. The largest absolute Gasteiger partial charge is 0.356 e. The lowest BCUT2D eigenvalue weighted by Crippen LogP contribution is -2.39. The van der Waals surface area contributed by atoms with Gasteiger partial charge in [0.15, 0.2) is 0 Å². The zero-order chi connectivity index (χ0) is 22.2. The molecule has 3 aromatic carbocycles. The number of fused-ring (bicyclic) bond motifs is 1. The Morgan fingerprint density at radius 3 is 2.21 bits per heavy atom. The highest BCUT2D eigenvalue weighted by Crippen LogP contribution is 2.55. The summed E-state index contributed by atoms with van der Waals surface area (Å²) < 4.78 is 1.86. The Hall–Kier alpha value is -3.66. The van der Waals surface area contributed by atoms with Crippen LogP contribution in [0.15, 0.2) is 91.3 Å². The van der Waals surface area contributed by atoms with E-state index in [2.05, 4.69) is 58.9 Å². The lowest BCUT2D eigenvalue weighted by Gasteiger charge is -2.45. The van der Waals surface area contributed by atoms with Crippen LogP contribution in [0.1, 0.15) is 52.5 Å². The predicted molar refractivity (Wildman–Crippen MR) is 130 cm³/mol. The van der Waals surface area contributed by atoms with E-state index in [1.54, 1.807) is 0 Å². The van der Waals surface area contributed by atoms with E-state index in [0.717, 1.165) is 24.2 Å². The van der Waals surface area contributed by atoms with Gasteiger partial charge >= 0.3 is 0 Å². The van der Waals surface area contributed by atoms with E-state index in [-0.39, 0.29) is 5.91 Å². The molecule has 1 aromatic heterocycles. The van der Waals surface area contributed by atoms with Crippen LogP contribution in [0.2, 0.25) is 0 Å². The Labute approximate surface area is 194 Å². The van der Waals surface area contributed by atoms with Crippen molar-refractivity contribution < 1.29 is 4.79 Å². The molecule has 164 valence electrons. The number of aromatic nitrogens is 2. The lowest BCUT2D eigenvalue weighted by molar-refractivity contribution is -0.121. The van der Waals surface area contributed by atoms with Crippen LogP contribution in [0.3, 0.4) is 0 Å². The van der Waals surface area contributed by atoms with Gasteiger partial charge in [-0.3, -0.25) is 4.79 Å². The van der Waals surface area contributed by atoms with Crippen molar-refractivity contribution in [2.45, 2.75) is 31.1 Å². The van der Waals surface area contributed by atoms with Gasteiger partial charge in [-0.05, 0) is 58.7 Å². The molecule has 0 aliphatic heterocycles. The van der Waals surface area contributed by atoms with E-state index in [1.165, 1.54) is 22.3 Å². The molecule has 0 saturated heterocycles. The smallest absolute Gasteiger partial charge is 0.220 e. The standard InChI is InChI=1S/C29H27N3O/c33-28(15-14-20-17-31-32(19-20)22-8-2-1-3-9-22)30-18-21-16-27-23-10-4-6-12-25(23)29(21)26-13-7-5-11-24(26)27/h1-13,17,19,21,27,29H,14-16,18H2,(H,30,33)/t21-,27?,29?/m1/s1. The van der Waals surface area contributed by atoms with Crippen molar-refractivity contribution in [3.63, 3.8) is 0 Å². The van der Waals surface area contributed by atoms with Gasteiger partial charge in [-0.25, -0.2) is 4.68 Å². The Balaban J connectivity index is 1.10. The molecule has 1 heterocycles. The molecule has 4 aromatic rings. The molecule has 4 heteroatoms. The highest BCUT2D eigenvalue weighted by atomic mass is 16.1. The van der Waals surface area contributed by atoms with Crippen molar-refractivity contribution in [1.29, 1.82) is 0 Å². The second-order valence-corrected chi connectivity index (χ2v) is 9.22. The molecule has 4 nitrogen and oxygen atoms in total. The number of nitrogens with zero attached hydrogens (tertiary/aromatic N) is 2. The predicted octanol–water partition coefficient (Wildman–Crippen LogP) is 5.22. The van der Waals surface area contributed by atoms with Gasteiger partial charge in [-0.2, -0.15) is 5.10 Å². The highest BCUT2D eigenvalue weighted by Gasteiger charge is 2.42. The Morgan fingerprint density at radius 2 is 1.52 bits per heavy atom. The maximum atomic E-state index is 12.7. The van der Waals surface area contributed by atoms with E-state index in [0.29, 0.717) is 30.6 Å². The van der Waals surface area contributed by atoms with E-state index in [1.807, 2.05) is 47.4 Å². The minimum absolute atomic E-state index is 0.116. The Kier molecular flexibility index (Phi) is 5.06. The molecule has 0 spiro atoms. The lowest BCUT2D eigenvalue weighted by atomic mass is 9.59. The van der Waals surface area contributed by atoms with Gasteiger partial charge in [0, 0.05) is 31.0 Å². The normalized spacial score (nSPS) is 20.2. The average Bonchev–Trinajstić information content (AvgIpc) is 3.36. The van der Waals surface area contributed by atoms with Gasteiger partial charge in [0.25, 0.3) is 0 Å². The molecule has 0 saturated carbocycles. The van der Waals surface area contributed by atoms with Gasteiger partial charge in [-0.15, -0.1) is 0 Å². The molecule has 33 heavy (non-hydrogen) atoms. The monoisotopic (exact) mass is 433 g/mol. The SMILES string of the molecule is O=C(CCc1cnn(-c2ccccc2)c1)NC[C@H]1CC2c3ccccc3C1c1ccccc12. The summed E-state index contributed by atoms with van der Waals surface area (Å²) in [6.45, 7) is 0.728. The van der Waals surface area contributed by atoms with E-state index < -0.39 is 0 Å². The summed E-state index contributed by atoms with van der Waals surface area (Å²) in [5, 5.41) is 7.68. The average molecular weight is 434 g/mol. The minimum Gasteiger partial charge on any atom is -0.356 e. The summed E-state index contributed by atoms with van der Waals surface area (Å²) in [4.78, 5) is 12.7. The first-order valence-corrected chi connectivity index (χ1v) is 11.8.